The fraction of sp³-hybridized carbons (Fsp3) is 0.706. The molecule has 0 amide bonds. The normalized spacial score (nSPS) is 25.1. The standard InChI is InChI=1S/C17H29N3/c1-4-15-7-6-10-18-17(15)13-20-11-8-14(3)19-16(5-2)9-12-20/h6-7,10,14,16,19H,4-5,8-9,11-13H2,1-3H3. The second-order valence-corrected chi connectivity index (χ2v) is 5.99. The van der Waals surface area contributed by atoms with Crippen molar-refractivity contribution in [2.24, 2.45) is 0 Å². The van der Waals surface area contributed by atoms with Crippen LogP contribution in [-0.4, -0.2) is 35.1 Å². The molecule has 0 saturated carbocycles. The van der Waals surface area contributed by atoms with E-state index in [9.17, 15) is 0 Å². The fourth-order valence-electron chi connectivity index (χ4n) is 3.02. The van der Waals surface area contributed by atoms with Crippen molar-refractivity contribution in [1.82, 2.24) is 15.2 Å². The zero-order valence-corrected chi connectivity index (χ0v) is 13.2. The number of aromatic nitrogens is 1. The van der Waals surface area contributed by atoms with Gasteiger partial charge >= 0.3 is 0 Å². The topological polar surface area (TPSA) is 28.2 Å². The molecule has 3 heteroatoms. The largest absolute Gasteiger partial charge is 0.311 e. The van der Waals surface area contributed by atoms with Gasteiger partial charge in [0.2, 0.25) is 0 Å². The van der Waals surface area contributed by atoms with Gasteiger partial charge in [-0.2, -0.15) is 0 Å². The average molecular weight is 275 g/mol. The zero-order valence-electron chi connectivity index (χ0n) is 13.2. The molecule has 1 aromatic heterocycles. The molecule has 1 N–H and O–H groups in total. The van der Waals surface area contributed by atoms with Gasteiger partial charge in [0.15, 0.2) is 0 Å². The molecule has 0 aliphatic carbocycles. The lowest BCUT2D eigenvalue weighted by molar-refractivity contribution is 0.204. The summed E-state index contributed by atoms with van der Waals surface area (Å²) < 4.78 is 0. The summed E-state index contributed by atoms with van der Waals surface area (Å²) >= 11 is 0. The van der Waals surface area contributed by atoms with Gasteiger partial charge in [0.1, 0.15) is 0 Å². The number of nitrogens with zero attached hydrogens (tertiary/aromatic N) is 2. The highest BCUT2D eigenvalue weighted by Gasteiger charge is 2.18. The van der Waals surface area contributed by atoms with E-state index in [0.717, 1.165) is 13.0 Å². The highest BCUT2D eigenvalue weighted by atomic mass is 15.1. The van der Waals surface area contributed by atoms with Crippen molar-refractivity contribution in [3.05, 3.63) is 29.6 Å². The SMILES string of the molecule is CCc1cccnc1CN1CCC(C)NC(CC)CC1. The molecule has 2 rings (SSSR count). The molecule has 1 fully saturated rings. The van der Waals surface area contributed by atoms with Crippen LogP contribution < -0.4 is 5.32 Å². The van der Waals surface area contributed by atoms with E-state index in [1.54, 1.807) is 0 Å². The molecule has 2 atom stereocenters. The molecule has 3 nitrogen and oxygen atoms in total. The van der Waals surface area contributed by atoms with E-state index in [1.807, 2.05) is 6.20 Å². The number of nitrogens with one attached hydrogen (secondary N) is 1. The van der Waals surface area contributed by atoms with Crippen LogP contribution in [0.1, 0.15) is 51.3 Å². The molecule has 1 aliphatic heterocycles. The summed E-state index contributed by atoms with van der Waals surface area (Å²) in [5.41, 5.74) is 2.66. The third-order valence-electron chi connectivity index (χ3n) is 4.42. The van der Waals surface area contributed by atoms with E-state index in [1.165, 1.54) is 43.6 Å². The summed E-state index contributed by atoms with van der Waals surface area (Å²) in [5, 5.41) is 3.73. The number of pyridine rings is 1. The molecule has 20 heavy (non-hydrogen) atoms. The second kappa shape index (κ2) is 7.75. The summed E-state index contributed by atoms with van der Waals surface area (Å²) in [7, 11) is 0. The maximum absolute atomic E-state index is 4.60. The summed E-state index contributed by atoms with van der Waals surface area (Å²) in [5.74, 6) is 0. The predicted molar refractivity (Wildman–Crippen MR) is 84.8 cm³/mol. The molecule has 0 bridgehead atoms. The molecule has 0 aromatic carbocycles. The van der Waals surface area contributed by atoms with Gasteiger partial charge in [-0.1, -0.05) is 19.9 Å². The molecule has 2 heterocycles. The maximum atomic E-state index is 4.60. The van der Waals surface area contributed by atoms with Crippen molar-refractivity contribution in [3.8, 4) is 0 Å². The fourth-order valence-corrected chi connectivity index (χ4v) is 3.02. The number of aryl methyl sites for hydroxylation is 1. The minimum absolute atomic E-state index is 0.622. The maximum Gasteiger partial charge on any atom is 0.0575 e. The third kappa shape index (κ3) is 4.29. The van der Waals surface area contributed by atoms with Gasteiger partial charge in [-0.25, -0.2) is 0 Å². The van der Waals surface area contributed by atoms with Gasteiger partial charge in [0, 0.05) is 37.9 Å². The highest BCUT2D eigenvalue weighted by Crippen LogP contribution is 2.14. The van der Waals surface area contributed by atoms with Crippen LogP contribution in [0.4, 0.5) is 0 Å². The van der Waals surface area contributed by atoms with Crippen LogP contribution in [0.15, 0.2) is 18.3 Å². The summed E-state index contributed by atoms with van der Waals surface area (Å²) in [6.45, 7) is 10.2. The van der Waals surface area contributed by atoms with Crippen LogP contribution in [0.3, 0.4) is 0 Å². The second-order valence-electron chi connectivity index (χ2n) is 5.99. The van der Waals surface area contributed by atoms with Crippen molar-refractivity contribution in [2.75, 3.05) is 13.1 Å². The van der Waals surface area contributed by atoms with E-state index in [-0.39, 0.29) is 0 Å². The lowest BCUT2D eigenvalue weighted by Gasteiger charge is -2.32. The first-order valence-corrected chi connectivity index (χ1v) is 8.14. The van der Waals surface area contributed by atoms with E-state index < -0.39 is 0 Å². The van der Waals surface area contributed by atoms with E-state index in [4.69, 9.17) is 0 Å². The lowest BCUT2D eigenvalue weighted by Crippen LogP contribution is -2.43. The van der Waals surface area contributed by atoms with Gasteiger partial charge in [-0.3, -0.25) is 9.88 Å². The Labute approximate surface area is 123 Å². The molecular formula is C17H29N3. The Morgan fingerprint density at radius 3 is 2.85 bits per heavy atom. The zero-order chi connectivity index (χ0) is 14.4. The van der Waals surface area contributed by atoms with Crippen molar-refractivity contribution >= 4 is 0 Å². The predicted octanol–water partition coefficient (Wildman–Crippen LogP) is 3.00. The van der Waals surface area contributed by atoms with Gasteiger partial charge in [-0.15, -0.1) is 0 Å². The third-order valence-corrected chi connectivity index (χ3v) is 4.42. The van der Waals surface area contributed by atoms with Gasteiger partial charge < -0.3 is 5.32 Å². The molecule has 0 radical (unpaired) electrons. The smallest absolute Gasteiger partial charge is 0.0575 e. The van der Waals surface area contributed by atoms with Gasteiger partial charge in [-0.05, 0) is 44.2 Å². The molecule has 1 aliphatic rings. The van der Waals surface area contributed by atoms with Crippen molar-refractivity contribution in [2.45, 2.75) is 65.1 Å². The summed E-state index contributed by atoms with van der Waals surface area (Å²) in [6.07, 6.45) is 6.70. The molecule has 1 aromatic rings. The first kappa shape index (κ1) is 15.5. The van der Waals surface area contributed by atoms with Crippen LogP contribution in [0, 0.1) is 0 Å². The molecule has 1 saturated heterocycles. The quantitative estimate of drug-likeness (QED) is 0.915. The van der Waals surface area contributed by atoms with Crippen molar-refractivity contribution < 1.29 is 0 Å². The lowest BCUT2D eigenvalue weighted by atomic mass is 10.0. The Balaban J connectivity index is 2.00. The Bertz CT molecular complexity index is 405. The van der Waals surface area contributed by atoms with Crippen molar-refractivity contribution in [1.29, 1.82) is 0 Å². The van der Waals surface area contributed by atoms with Crippen LogP contribution in [0.2, 0.25) is 0 Å². The number of hydrogen-bond donors (Lipinski definition) is 1. The van der Waals surface area contributed by atoms with Gasteiger partial charge in [0.25, 0.3) is 0 Å². The minimum Gasteiger partial charge on any atom is -0.311 e. The van der Waals surface area contributed by atoms with Crippen molar-refractivity contribution in [3.63, 3.8) is 0 Å². The summed E-state index contributed by atoms with van der Waals surface area (Å²) in [4.78, 5) is 7.18. The van der Waals surface area contributed by atoms with Crippen LogP contribution >= 0.6 is 0 Å². The Hall–Kier alpha value is -0.930. The van der Waals surface area contributed by atoms with E-state index >= 15 is 0 Å². The molecular weight excluding hydrogens is 246 g/mol. The van der Waals surface area contributed by atoms with Crippen LogP contribution in [0.5, 0.6) is 0 Å². The average Bonchev–Trinajstić information content (AvgIpc) is 2.46. The van der Waals surface area contributed by atoms with Crippen LogP contribution in [0.25, 0.3) is 0 Å². The first-order chi connectivity index (χ1) is 9.72. The number of hydrogen-bond acceptors (Lipinski definition) is 3. The monoisotopic (exact) mass is 275 g/mol. The highest BCUT2D eigenvalue weighted by molar-refractivity contribution is 5.19. The minimum atomic E-state index is 0.622. The molecule has 112 valence electrons. The van der Waals surface area contributed by atoms with Crippen LogP contribution in [-0.2, 0) is 13.0 Å². The number of rotatable bonds is 4. The van der Waals surface area contributed by atoms with E-state index in [0.29, 0.717) is 12.1 Å². The first-order valence-electron chi connectivity index (χ1n) is 8.14. The Morgan fingerprint density at radius 2 is 2.10 bits per heavy atom. The van der Waals surface area contributed by atoms with E-state index in [2.05, 4.69) is 48.1 Å². The molecule has 0 spiro atoms. The molecule has 2 unspecified atom stereocenters. The summed E-state index contributed by atoms with van der Waals surface area (Å²) in [6, 6.07) is 5.56. The Morgan fingerprint density at radius 1 is 1.30 bits per heavy atom. The Kier molecular flexibility index (Phi) is 5.99. The van der Waals surface area contributed by atoms with Gasteiger partial charge in [0.05, 0.1) is 5.69 Å².